The van der Waals surface area contributed by atoms with E-state index in [1.165, 1.54) is 0 Å². The lowest BCUT2D eigenvalue weighted by molar-refractivity contribution is 0.601. The van der Waals surface area contributed by atoms with E-state index in [2.05, 4.69) is 10.2 Å². The highest BCUT2D eigenvalue weighted by Crippen LogP contribution is 2.27. The van der Waals surface area contributed by atoms with Crippen molar-refractivity contribution in [3.8, 4) is 0 Å². The monoisotopic (exact) mass is 251 g/mol. The molecular formula is C11H13N3O2S. The van der Waals surface area contributed by atoms with Gasteiger partial charge in [-0.05, 0) is 25.0 Å². The number of pyridine rings is 1. The number of rotatable bonds is 1. The van der Waals surface area contributed by atoms with Crippen LogP contribution in [0.5, 0.6) is 0 Å². The highest BCUT2D eigenvalue weighted by atomic mass is 32.2. The van der Waals surface area contributed by atoms with Gasteiger partial charge in [-0.1, -0.05) is 6.07 Å². The van der Waals surface area contributed by atoms with Crippen LogP contribution in [0.1, 0.15) is 23.7 Å². The number of nitrogens with zero attached hydrogens (tertiary/aromatic N) is 3. The molecule has 0 N–H and O–H groups in total. The largest absolute Gasteiger partial charge is 0.286 e. The molecule has 0 radical (unpaired) electrons. The Morgan fingerprint density at radius 1 is 1.35 bits per heavy atom. The van der Waals surface area contributed by atoms with Crippen molar-refractivity contribution in [1.82, 2.24) is 14.6 Å². The minimum absolute atomic E-state index is 0.0169. The summed E-state index contributed by atoms with van der Waals surface area (Å²) < 4.78 is 24.9. The molecule has 0 amide bonds. The van der Waals surface area contributed by atoms with Crippen LogP contribution in [-0.2, 0) is 9.84 Å². The second-order valence-electron chi connectivity index (χ2n) is 4.59. The molecule has 1 aliphatic rings. The zero-order chi connectivity index (χ0) is 12.0. The molecule has 17 heavy (non-hydrogen) atoms. The van der Waals surface area contributed by atoms with Gasteiger partial charge in [-0.15, -0.1) is 10.2 Å². The number of hydrogen-bond donors (Lipinski definition) is 0. The van der Waals surface area contributed by atoms with E-state index in [4.69, 9.17) is 0 Å². The van der Waals surface area contributed by atoms with Gasteiger partial charge in [-0.3, -0.25) is 4.40 Å². The normalized spacial score (nSPS) is 23.2. The van der Waals surface area contributed by atoms with Gasteiger partial charge in [0, 0.05) is 12.1 Å². The standard InChI is InChI=1S/C11H13N3O2S/c1-8-2-3-10-12-13-11(14(10)6-8)9-4-5-17(15,16)7-9/h2-3,6,9H,4-5,7H2,1H3. The number of sulfone groups is 1. The number of fused-ring (bicyclic) bond motifs is 1. The SMILES string of the molecule is Cc1ccc2nnc(C3CCS(=O)(=O)C3)n2c1. The van der Waals surface area contributed by atoms with Gasteiger partial charge < -0.3 is 0 Å². The van der Waals surface area contributed by atoms with Crippen LogP contribution in [-0.4, -0.2) is 34.5 Å². The van der Waals surface area contributed by atoms with E-state index in [1.807, 2.05) is 29.7 Å². The number of aryl methyl sites for hydroxylation is 1. The van der Waals surface area contributed by atoms with E-state index in [1.54, 1.807) is 0 Å². The van der Waals surface area contributed by atoms with Gasteiger partial charge in [0.2, 0.25) is 0 Å². The third-order valence-electron chi connectivity index (χ3n) is 3.17. The first kappa shape index (κ1) is 10.7. The first-order valence-corrected chi connectivity index (χ1v) is 7.39. The Hall–Kier alpha value is -1.43. The van der Waals surface area contributed by atoms with Crippen molar-refractivity contribution in [3.63, 3.8) is 0 Å². The Kier molecular flexibility index (Phi) is 2.22. The van der Waals surface area contributed by atoms with E-state index < -0.39 is 9.84 Å². The summed E-state index contributed by atoms with van der Waals surface area (Å²) in [5, 5.41) is 8.20. The molecule has 1 aliphatic heterocycles. The summed E-state index contributed by atoms with van der Waals surface area (Å²) in [7, 11) is -2.88. The van der Waals surface area contributed by atoms with Crippen LogP contribution in [0.2, 0.25) is 0 Å². The molecule has 0 spiro atoms. The molecule has 2 aromatic heterocycles. The molecule has 3 rings (SSSR count). The van der Waals surface area contributed by atoms with Crippen molar-refractivity contribution in [2.45, 2.75) is 19.3 Å². The Labute approximate surface area is 99.4 Å². The zero-order valence-corrected chi connectivity index (χ0v) is 10.3. The predicted octanol–water partition coefficient (Wildman–Crippen LogP) is 0.940. The lowest BCUT2D eigenvalue weighted by Gasteiger charge is -2.05. The molecule has 1 atom stereocenters. The summed E-state index contributed by atoms with van der Waals surface area (Å²) in [5.41, 5.74) is 1.88. The first-order chi connectivity index (χ1) is 8.05. The van der Waals surface area contributed by atoms with Crippen LogP contribution in [0.4, 0.5) is 0 Å². The molecule has 1 fully saturated rings. The van der Waals surface area contributed by atoms with Gasteiger partial charge in [0.05, 0.1) is 11.5 Å². The number of aromatic nitrogens is 3. The van der Waals surface area contributed by atoms with E-state index in [9.17, 15) is 8.42 Å². The van der Waals surface area contributed by atoms with Crippen LogP contribution < -0.4 is 0 Å². The maximum Gasteiger partial charge on any atom is 0.160 e. The molecule has 0 aliphatic carbocycles. The second kappa shape index (κ2) is 3.53. The third kappa shape index (κ3) is 1.82. The highest BCUT2D eigenvalue weighted by Gasteiger charge is 2.32. The molecule has 0 aromatic carbocycles. The van der Waals surface area contributed by atoms with Gasteiger partial charge in [-0.25, -0.2) is 8.42 Å². The Morgan fingerprint density at radius 2 is 2.18 bits per heavy atom. The Morgan fingerprint density at radius 3 is 2.88 bits per heavy atom. The second-order valence-corrected chi connectivity index (χ2v) is 6.82. The van der Waals surface area contributed by atoms with Gasteiger partial charge in [0.25, 0.3) is 0 Å². The summed E-state index contributed by atoms with van der Waals surface area (Å²) in [4.78, 5) is 0. The van der Waals surface area contributed by atoms with Gasteiger partial charge in [-0.2, -0.15) is 0 Å². The quantitative estimate of drug-likeness (QED) is 0.756. The fourth-order valence-corrected chi connectivity index (χ4v) is 4.03. The molecular weight excluding hydrogens is 238 g/mol. The summed E-state index contributed by atoms with van der Waals surface area (Å²) in [6.45, 7) is 1.99. The van der Waals surface area contributed by atoms with Crippen LogP contribution in [0.25, 0.3) is 5.65 Å². The smallest absolute Gasteiger partial charge is 0.160 e. The van der Waals surface area contributed by atoms with Crippen LogP contribution >= 0.6 is 0 Å². The van der Waals surface area contributed by atoms with E-state index in [-0.39, 0.29) is 17.4 Å². The van der Waals surface area contributed by atoms with E-state index >= 15 is 0 Å². The molecule has 0 saturated carbocycles. The highest BCUT2D eigenvalue weighted by molar-refractivity contribution is 7.91. The van der Waals surface area contributed by atoms with Crippen molar-refractivity contribution in [2.75, 3.05) is 11.5 Å². The van der Waals surface area contributed by atoms with Gasteiger partial charge in [0.1, 0.15) is 5.82 Å². The maximum absolute atomic E-state index is 11.5. The lowest BCUT2D eigenvalue weighted by Crippen LogP contribution is -2.07. The van der Waals surface area contributed by atoms with Crippen LogP contribution in [0.3, 0.4) is 0 Å². The molecule has 2 aromatic rings. The average Bonchev–Trinajstić information content (AvgIpc) is 2.81. The summed E-state index contributed by atoms with van der Waals surface area (Å²) in [5.74, 6) is 1.21. The average molecular weight is 251 g/mol. The van der Waals surface area contributed by atoms with Gasteiger partial charge >= 0.3 is 0 Å². The van der Waals surface area contributed by atoms with Crippen molar-refractivity contribution in [3.05, 3.63) is 29.7 Å². The number of hydrogen-bond acceptors (Lipinski definition) is 4. The molecule has 1 unspecified atom stereocenters. The predicted molar refractivity (Wildman–Crippen MR) is 63.7 cm³/mol. The summed E-state index contributed by atoms with van der Waals surface area (Å²) in [6.07, 6.45) is 2.60. The topological polar surface area (TPSA) is 64.3 Å². The lowest BCUT2D eigenvalue weighted by atomic mass is 10.1. The summed E-state index contributed by atoms with van der Waals surface area (Å²) in [6, 6.07) is 3.87. The van der Waals surface area contributed by atoms with Crippen molar-refractivity contribution < 1.29 is 8.42 Å². The molecule has 90 valence electrons. The maximum atomic E-state index is 11.5. The Balaban J connectivity index is 2.09. The Bertz CT molecular complexity index is 675. The van der Waals surface area contributed by atoms with Crippen molar-refractivity contribution in [1.29, 1.82) is 0 Å². The minimum Gasteiger partial charge on any atom is -0.286 e. The van der Waals surface area contributed by atoms with E-state index in [0.717, 1.165) is 17.0 Å². The summed E-state index contributed by atoms with van der Waals surface area (Å²) >= 11 is 0. The molecule has 0 bridgehead atoms. The molecule has 3 heterocycles. The third-order valence-corrected chi connectivity index (χ3v) is 4.94. The zero-order valence-electron chi connectivity index (χ0n) is 9.50. The van der Waals surface area contributed by atoms with Crippen molar-refractivity contribution in [2.24, 2.45) is 0 Å². The van der Waals surface area contributed by atoms with Crippen LogP contribution in [0, 0.1) is 6.92 Å². The molecule has 5 nitrogen and oxygen atoms in total. The molecule has 6 heteroatoms. The minimum atomic E-state index is -2.88. The molecule has 1 saturated heterocycles. The van der Waals surface area contributed by atoms with Crippen molar-refractivity contribution >= 4 is 15.5 Å². The first-order valence-electron chi connectivity index (χ1n) is 5.57. The van der Waals surface area contributed by atoms with E-state index in [0.29, 0.717) is 6.42 Å². The van der Waals surface area contributed by atoms with Gasteiger partial charge in [0.15, 0.2) is 15.5 Å². The fourth-order valence-electron chi connectivity index (χ4n) is 2.29. The van der Waals surface area contributed by atoms with Crippen LogP contribution in [0.15, 0.2) is 18.3 Å². The fraction of sp³-hybridized carbons (Fsp3) is 0.455.